The summed E-state index contributed by atoms with van der Waals surface area (Å²) in [6, 6.07) is 21.8. The van der Waals surface area contributed by atoms with Crippen molar-refractivity contribution in [3.8, 4) is 0 Å². The van der Waals surface area contributed by atoms with Gasteiger partial charge in [0.1, 0.15) is 0 Å². The van der Waals surface area contributed by atoms with E-state index in [1.807, 2.05) is 68.1 Å². The first-order chi connectivity index (χ1) is 19.1. The molecule has 0 bridgehead atoms. The van der Waals surface area contributed by atoms with E-state index >= 15 is 0 Å². The predicted octanol–water partition coefficient (Wildman–Crippen LogP) is 8.50. The van der Waals surface area contributed by atoms with Crippen molar-refractivity contribution in [3.05, 3.63) is 99.8 Å². The largest absolute Gasteiger partial charge is 0.481 e. The van der Waals surface area contributed by atoms with Gasteiger partial charge in [-0.2, -0.15) is 16.2 Å². The van der Waals surface area contributed by atoms with Gasteiger partial charge in [0.05, 0.1) is 27.9 Å². The number of aliphatic hydroxyl groups is 1. The van der Waals surface area contributed by atoms with Crippen molar-refractivity contribution in [2.75, 3.05) is 5.75 Å². The first-order valence-corrected chi connectivity index (χ1v) is 15.5. The van der Waals surface area contributed by atoms with E-state index in [2.05, 4.69) is 35.3 Å². The topological polar surface area (TPSA) is 70.4 Å². The minimum Gasteiger partial charge on any atom is -0.481 e. The highest BCUT2D eigenvalue weighted by molar-refractivity contribution is 7.99. The first-order valence-electron chi connectivity index (χ1n) is 13.6. The fourth-order valence-electron chi connectivity index (χ4n) is 5.16. The standard InChI is InChI=1S/C33H34FNO3S2/c1-32(2,38)26-9-4-3-7-23(26)11-14-28(39-21-33(16-17-33)20-31(36)37)24-8-5-6-22(18-24)10-12-25-13-15-29-27(35-25)19-30(34)40-29/h3-10,12-13,15,18-19,28,38H,11,14,16-17,20-21H2,1-2H3,(H,36,37)/b12-10+. The lowest BCUT2D eigenvalue weighted by atomic mass is 9.90. The molecule has 1 aliphatic carbocycles. The van der Waals surface area contributed by atoms with E-state index in [0.29, 0.717) is 5.52 Å². The van der Waals surface area contributed by atoms with Gasteiger partial charge in [0, 0.05) is 17.1 Å². The molecule has 1 fully saturated rings. The molecule has 1 saturated carbocycles. The van der Waals surface area contributed by atoms with E-state index in [1.54, 1.807) is 0 Å². The van der Waals surface area contributed by atoms with Crippen LogP contribution in [0, 0.1) is 10.5 Å². The number of rotatable bonds is 12. The van der Waals surface area contributed by atoms with E-state index in [1.165, 1.54) is 11.6 Å². The van der Waals surface area contributed by atoms with Crippen molar-refractivity contribution in [1.29, 1.82) is 0 Å². The van der Waals surface area contributed by atoms with Crippen LogP contribution in [-0.2, 0) is 16.8 Å². The van der Waals surface area contributed by atoms with Crippen LogP contribution in [0.4, 0.5) is 4.39 Å². The second-order valence-electron chi connectivity index (χ2n) is 11.3. The molecule has 4 nitrogen and oxygen atoms in total. The number of thiophene rings is 1. The fraction of sp³-hybridized carbons (Fsp3) is 0.333. The zero-order valence-corrected chi connectivity index (χ0v) is 24.4. The molecule has 0 amide bonds. The molecule has 2 heterocycles. The molecule has 1 aliphatic rings. The lowest BCUT2D eigenvalue weighted by Gasteiger charge is -2.24. The molecule has 1 atom stereocenters. The van der Waals surface area contributed by atoms with Crippen LogP contribution < -0.4 is 0 Å². The Morgan fingerprint density at radius 3 is 2.67 bits per heavy atom. The van der Waals surface area contributed by atoms with Gasteiger partial charge in [-0.25, -0.2) is 4.98 Å². The van der Waals surface area contributed by atoms with Crippen LogP contribution in [0.15, 0.2) is 66.7 Å². The van der Waals surface area contributed by atoms with Crippen LogP contribution >= 0.6 is 23.1 Å². The Kier molecular flexibility index (Phi) is 8.45. The second-order valence-corrected chi connectivity index (χ2v) is 13.5. The number of thioether (sulfide) groups is 1. The van der Waals surface area contributed by atoms with Crippen LogP contribution in [0.2, 0.25) is 0 Å². The Morgan fingerprint density at radius 2 is 1.93 bits per heavy atom. The van der Waals surface area contributed by atoms with Crippen LogP contribution in [-0.4, -0.2) is 26.9 Å². The minimum absolute atomic E-state index is 0.0945. The number of hydrogen-bond acceptors (Lipinski definition) is 5. The summed E-state index contributed by atoms with van der Waals surface area (Å²) in [5, 5.41) is 20.1. The number of pyridine rings is 1. The third kappa shape index (κ3) is 7.19. The lowest BCUT2D eigenvalue weighted by molar-refractivity contribution is -0.138. The number of hydrogen-bond donors (Lipinski definition) is 2. The average molecular weight is 576 g/mol. The first kappa shape index (κ1) is 28.5. The molecule has 0 radical (unpaired) electrons. The molecule has 7 heteroatoms. The molecule has 0 aliphatic heterocycles. The number of fused-ring (bicyclic) bond motifs is 1. The van der Waals surface area contributed by atoms with Gasteiger partial charge in [0.25, 0.3) is 0 Å². The Labute approximate surface area is 243 Å². The Morgan fingerprint density at radius 1 is 1.12 bits per heavy atom. The molecule has 0 spiro atoms. The number of nitrogens with zero attached hydrogens (tertiary/aromatic N) is 1. The monoisotopic (exact) mass is 575 g/mol. The normalized spacial score (nSPS) is 15.5. The van der Waals surface area contributed by atoms with Gasteiger partial charge in [-0.1, -0.05) is 54.6 Å². The summed E-state index contributed by atoms with van der Waals surface area (Å²) >= 11 is 2.95. The Bertz CT molecular complexity index is 1530. The predicted molar refractivity (Wildman–Crippen MR) is 164 cm³/mol. The molecular formula is C33H34FNO3S2. The number of aryl methyl sites for hydroxylation is 1. The quantitative estimate of drug-likeness (QED) is 0.177. The van der Waals surface area contributed by atoms with E-state index in [9.17, 15) is 19.4 Å². The molecule has 2 aromatic heterocycles. The van der Waals surface area contributed by atoms with Gasteiger partial charge >= 0.3 is 5.97 Å². The highest BCUT2D eigenvalue weighted by Crippen LogP contribution is 2.53. The summed E-state index contributed by atoms with van der Waals surface area (Å²) in [6.07, 6.45) is 7.81. The molecular weight excluding hydrogens is 541 g/mol. The third-order valence-electron chi connectivity index (χ3n) is 7.52. The minimum atomic E-state index is -0.921. The van der Waals surface area contributed by atoms with Gasteiger partial charge in [0.15, 0.2) is 5.13 Å². The van der Waals surface area contributed by atoms with Crippen LogP contribution in [0.1, 0.15) is 72.7 Å². The van der Waals surface area contributed by atoms with Gasteiger partial charge in [-0.15, -0.1) is 11.3 Å². The van der Waals surface area contributed by atoms with E-state index in [-0.39, 0.29) is 22.2 Å². The van der Waals surface area contributed by atoms with Crippen LogP contribution in [0.3, 0.4) is 0 Å². The smallest absolute Gasteiger partial charge is 0.303 e. The lowest BCUT2D eigenvalue weighted by Crippen LogP contribution is -2.18. The number of aliphatic carboxylic acids is 1. The highest BCUT2D eigenvalue weighted by atomic mass is 32.2. The van der Waals surface area contributed by atoms with Crippen molar-refractivity contribution in [2.45, 2.75) is 56.8 Å². The Hall–Kier alpha value is -3.00. The second kappa shape index (κ2) is 11.9. The average Bonchev–Trinajstić information content (AvgIpc) is 3.56. The number of benzene rings is 2. The highest BCUT2D eigenvalue weighted by Gasteiger charge is 2.44. The maximum atomic E-state index is 13.6. The van der Waals surface area contributed by atoms with Crippen LogP contribution in [0.5, 0.6) is 0 Å². The molecule has 0 saturated heterocycles. The fourth-order valence-corrected chi connectivity index (χ4v) is 7.46. The zero-order chi connectivity index (χ0) is 28.3. The van der Waals surface area contributed by atoms with Gasteiger partial charge in [-0.3, -0.25) is 4.79 Å². The zero-order valence-electron chi connectivity index (χ0n) is 22.8. The summed E-state index contributed by atoms with van der Waals surface area (Å²) in [7, 11) is 0. The van der Waals surface area contributed by atoms with Gasteiger partial charge < -0.3 is 10.2 Å². The third-order valence-corrected chi connectivity index (χ3v) is 10.1. The molecule has 208 valence electrons. The molecule has 2 N–H and O–H groups in total. The molecule has 1 unspecified atom stereocenters. The van der Waals surface area contributed by atoms with E-state index in [4.69, 9.17) is 0 Å². The summed E-state index contributed by atoms with van der Waals surface area (Å²) in [4.78, 5) is 16.0. The maximum absolute atomic E-state index is 13.6. The molecule has 2 aromatic carbocycles. The molecule has 5 rings (SSSR count). The van der Waals surface area contributed by atoms with Crippen molar-refractivity contribution in [2.24, 2.45) is 5.41 Å². The maximum Gasteiger partial charge on any atom is 0.303 e. The van der Waals surface area contributed by atoms with Gasteiger partial charge in [-0.05, 0) is 85.4 Å². The Balaban J connectivity index is 1.37. The van der Waals surface area contributed by atoms with Crippen molar-refractivity contribution < 1.29 is 19.4 Å². The van der Waals surface area contributed by atoms with Crippen molar-refractivity contribution in [1.82, 2.24) is 4.98 Å². The van der Waals surface area contributed by atoms with E-state index < -0.39 is 11.6 Å². The summed E-state index contributed by atoms with van der Waals surface area (Å²) in [6.45, 7) is 3.64. The summed E-state index contributed by atoms with van der Waals surface area (Å²) < 4.78 is 14.4. The number of halogens is 1. The van der Waals surface area contributed by atoms with Crippen molar-refractivity contribution in [3.63, 3.8) is 0 Å². The summed E-state index contributed by atoms with van der Waals surface area (Å²) in [5.74, 6) is 0.0936. The van der Waals surface area contributed by atoms with Crippen molar-refractivity contribution >= 4 is 51.4 Å². The summed E-state index contributed by atoms with van der Waals surface area (Å²) in [5.41, 5.74) is 4.74. The van der Waals surface area contributed by atoms with E-state index in [0.717, 1.165) is 69.9 Å². The molecule has 40 heavy (non-hydrogen) atoms. The molecule has 4 aromatic rings. The SMILES string of the molecule is CC(C)(O)c1ccccc1CCC(SCC1(CC(=O)O)CC1)c1cccc(/C=C/c2ccc3sc(F)cc3n2)c1. The van der Waals surface area contributed by atoms with Crippen LogP contribution in [0.25, 0.3) is 22.4 Å². The number of carboxylic acids is 1. The number of aromatic nitrogens is 1. The number of carboxylic acid groups (broad SMARTS) is 1. The number of carbonyl (C=O) groups is 1. The van der Waals surface area contributed by atoms with Gasteiger partial charge in [0.2, 0.25) is 0 Å².